The van der Waals surface area contributed by atoms with Gasteiger partial charge in [0.2, 0.25) is 12.7 Å². The summed E-state index contributed by atoms with van der Waals surface area (Å²) < 4.78 is 16.1. The van der Waals surface area contributed by atoms with E-state index in [-0.39, 0.29) is 6.04 Å². The normalized spacial score (nSPS) is 13.8. The van der Waals surface area contributed by atoms with Crippen molar-refractivity contribution < 1.29 is 14.2 Å². The highest BCUT2D eigenvalue weighted by molar-refractivity contribution is 5.49. The summed E-state index contributed by atoms with van der Waals surface area (Å²) in [5.41, 5.74) is 2.08. The molecule has 0 saturated heterocycles. The molecule has 0 amide bonds. The van der Waals surface area contributed by atoms with Gasteiger partial charge in [-0.05, 0) is 37.6 Å². The molecule has 0 spiro atoms. The van der Waals surface area contributed by atoms with Crippen LogP contribution in [0.25, 0.3) is 0 Å². The summed E-state index contributed by atoms with van der Waals surface area (Å²) in [5, 5.41) is 3.40. The van der Waals surface area contributed by atoms with Gasteiger partial charge in [0.15, 0.2) is 11.5 Å². The standard InChI is InChI=1S/C16H18N2O3/c1-3-19-16-7-5-13(9-17-16)18-11(2)12-4-6-14-15(8-12)21-10-20-14/h4-9,11,18H,3,10H2,1-2H3. The Bertz CT molecular complexity index is 613. The summed E-state index contributed by atoms with van der Waals surface area (Å²) in [6.07, 6.45) is 1.77. The Kier molecular flexibility index (Phi) is 3.81. The Morgan fingerprint density at radius 2 is 2.10 bits per heavy atom. The Morgan fingerprint density at radius 3 is 2.86 bits per heavy atom. The van der Waals surface area contributed by atoms with Crippen molar-refractivity contribution in [1.82, 2.24) is 4.98 Å². The van der Waals surface area contributed by atoms with Crippen LogP contribution in [0, 0.1) is 0 Å². The van der Waals surface area contributed by atoms with Crippen LogP contribution in [-0.4, -0.2) is 18.4 Å². The number of anilines is 1. The predicted octanol–water partition coefficient (Wildman–Crippen LogP) is 3.38. The van der Waals surface area contributed by atoms with Crippen LogP contribution < -0.4 is 19.5 Å². The second-order valence-corrected chi connectivity index (χ2v) is 4.80. The molecule has 0 aliphatic carbocycles. The van der Waals surface area contributed by atoms with Crippen LogP contribution in [0.15, 0.2) is 36.5 Å². The van der Waals surface area contributed by atoms with Gasteiger partial charge in [-0.25, -0.2) is 4.98 Å². The zero-order valence-corrected chi connectivity index (χ0v) is 12.1. The van der Waals surface area contributed by atoms with Crippen LogP contribution in [0.4, 0.5) is 5.69 Å². The highest BCUT2D eigenvalue weighted by Gasteiger charge is 2.15. The van der Waals surface area contributed by atoms with Crippen molar-refractivity contribution in [3.63, 3.8) is 0 Å². The average molecular weight is 286 g/mol. The van der Waals surface area contributed by atoms with E-state index in [1.165, 1.54) is 0 Å². The minimum Gasteiger partial charge on any atom is -0.478 e. The molecule has 0 saturated carbocycles. The molecule has 1 aromatic heterocycles. The highest BCUT2D eigenvalue weighted by atomic mass is 16.7. The maximum Gasteiger partial charge on any atom is 0.231 e. The molecule has 1 aliphatic heterocycles. The monoisotopic (exact) mass is 286 g/mol. The maximum absolute atomic E-state index is 5.40. The zero-order valence-electron chi connectivity index (χ0n) is 12.1. The first-order chi connectivity index (χ1) is 10.3. The van der Waals surface area contributed by atoms with Gasteiger partial charge in [0.25, 0.3) is 0 Å². The van der Waals surface area contributed by atoms with Crippen molar-refractivity contribution in [2.24, 2.45) is 0 Å². The van der Waals surface area contributed by atoms with Crippen molar-refractivity contribution in [1.29, 1.82) is 0 Å². The highest BCUT2D eigenvalue weighted by Crippen LogP contribution is 2.34. The number of nitrogens with zero attached hydrogens (tertiary/aromatic N) is 1. The first-order valence-corrected chi connectivity index (χ1v) is 7.01. The number of fused-ring (bicyclic) bond motifs is 1. The van der Waals surface area contributed by atoms with E-state index in [4.69, 9.17) is 14.2 Å². The molecular weight excluding hydrogens is 268 g/mol. The van der Waals surface area contributed by atoms with Gasteiger partial charge in [0.1, 0.15) is 0 Å². The van der Waals surface area contributed by atoms with Crippen molar-refractivity contribution in [3.05, 3.63) is 42.1 Å². The number of pyridine rings is 1. The molecule has 1 unspecified atom stereocenters. The quantitative estimate of drug-likeness (QED) is 0.913. The molecule has 110 valence electrons. The minimum absolute atomic E-state index is 0.138. The predicted molar refractivity (Wildman–Crippen MR) is 80.0 cm³/mol. The fraction of sp³-hybridized carbons (Fsp3) is 0.312. The van der Waals surface area contributed by atoms with E-state index in [1.807, 2.05) is 37.3 Å². The third-order valence-electron chi connectivity index (χ3n) is 3.31. The molecule has 5 nitrogen and oxygen atoms in total. The van der Waals surface area contributed by atoms with Gasteiger partial charge in [-0.3, -0.25) is 0 Å². The molecule has 1 atom stereocenters. The first kappa shape index (κ1) is 13.5. The first-order valence-electron chi connectivity index (χ1n) is 7.01. The number of aromatic nitrogens is 1. The van der Waals surface area contributed by atoms with E-state index >= 15 is 0 Å². The number of rotatable bonds is 5. The van der Waals surface area contributed by atoms with Gasteiger partial charge in [0.05, 0.1) is 18.5 Å². The second-order valence-electron chi connectivity index (χ2n) is 4.80. The Morgan fingerprint density at radius 1 is 1.24 bits per heavy atom. The largest absolute Gasteiger partial charge is 0.478 e. The van der Waals surface area contributed by atoms with Crippen LogP contribution >= 0.6 is 0 Å². The molecule has 1 aliphatic rings. The molecule has 1 aromatic carbocycles. The third-order valence-corrected chi connectivity index (χ3v) is 3.31. The van der Waals surface area contributed by atoms with Crippen LogP contribution in [0.3, 0.4) is 0 Å². The van der Waals surface area contributed by atoms with Crippen molar-refractivity contribution in [2.45, 2.75) is 19.9 Å². The number of ether oxygens (including phenoxy) is 3. The van der Waals surface area contributed by atoms with Gasteiger partial charge in [-0.2, -0.15) is 0 Å². The number of hydrogen-bond donors (Lipinski definition) is 1. The van der Waals surface area contributed by atoms with E-state index in [9.17, 15) is 0 Å². The Balaban J connectivity index is 1.69. The average Bonchev–Trinajstić information content (AvgIpc) is 2.97. The van der Waals surface area contributed by atoms with Crippen molar-refractivity contribution in [2.75, 3.05) is 18.7 Å². The summed E-state index contributed by atoms with van der Waals surface area (Å²) >= 11 is 0. The fourth-order valence-corrected chi connectivity index (χ4v) is 2.21. The van der Waals surface area contributed by atoms with Crippen molar-refractivity contribution in [3.8, 4) is 17.4 Å². The lowest BCUT2D eigenvalue weighted by Gasteiger charge is -2.16. The Hall–Kier alpha value is -2.43. The van der Waals surface area contributed by atoms with Crippen LogP contribution in [0.1, 0.15) is 25.5 Å². The number of hydrogen-bond acceptors (Lipinski definition) is 5. The zero-order chi connectivity index (χ0) is 14.7. The van der Waals surface area contributed by atoms with E-state index in [0.29, 0.717) is 19.3 Å². The topological polar surface area (TPSA) is 52.6 Å². The summed E-state index contributed by atoms with van der Waals surface area (Å²) in [6.45, 7) is 4.94. The van der Waals surface area contributed by atoms with E-state index in [0.717, 1.165) is 22.7 Å². The maximum atomic E-state index is 5.40. The molecule has 0 fully saturated rings. The van der Waals surface area contributed by atoms with Gasteiger partial charge >= 0.3 is 0 Å². The fourth-order valence-electron chi connectivity index (χ4n) is 2.21. The SMILES string of the molecule is CCOc1ccc(NC(C)c2ccc3c(c2)OCO3)cn1. The smallest absolute Gasteiger partial charge is 0.231 e. The minimum atomic E-state index is 0.138. The number of nitrogens with one attached hydrogen (secondary N) is 1. The van der Waals surface area contributed by atoms with Crippen LogP contribution in [0.5, 0.6) is 17.4 Å². The van der Waals surface area contributed by atoms with E-state index in [2.05, 4.69) is 17.2 Å². The molecule has 1 N–H and O–H groups in total. The summed E-state index contributed by atoms with van der Waals surface area (Å²) in [6, 6.07) is 9.93. The third kappa shape index (κ3) is 3.02. The van der Waals surface area contributed by atoms with Gasteiger partial charge in [-0.1, -0.05) is 6.07 Å². The van der Waals surface area contributed by atoms with Gasteiger partial charge in [-0.15, -0.1) is 0 Å². The van der Waals surface area contributed by atoms with E-state index < -0.39 is 0 Å². The van der Waals surface area contributed by atoms with Gasteiger partial charge < -0.3 is 19.5 Å². The lowest BCUT2D eigenvalue weighted by Crippen LogP contribution is -2.07. The van der Waals surface area contributed by atoms with Gasteiger partial charge in [0, 0.05) is 12.1 Å². The summed E-state index contributed by atoms with van der Waals surface area (Å²) in [4.78, 5) is 4.24. The number of benzene rings is 1. The molecule has 21 heavy (non-hydrogen) atoms. The molecular formula is C16H18N2O3. The van der Waals surface area contributed by atoms with Crippen LogP contribution in [0.2, 0.25) is 0 Å². The summed E-state index contributed by atoms with van der Waals surface area (Å²) in [5.74, 6) is 2.23. The molecule has 0 bridgehead atoms. The Labute approximate surface area is 123 Å². The molecule has 2 heterocycles. The molecule has 3 rings (SSSR count). The van der Waals surface area contributed by atoms with E-state index in [1.54, 1.807) is 6.20 Å². The summed E-state index contributed by atoms with van der Waals surface area (Å²) in [7, 11) is 0. The second kappa shape index (κ2) is 5.91. The lowest BCUT2D eigenvalue weighted by atomic mass is 10.1. The molecule has 5 heteroatoms. The molecule has 0 radical (unpaired) electrons. The molecule has 2 aromatic rings. The van der Waals surface area contributed by atoms with Crippen LogP contribution in [-0.2, 0) is 0 Å². The van der Waals surface area contributed by atoms with Crippen molar-refractivity contribution >= 4 is 5.69 Å². The lowest BCUT2D eigenvalue weighted by molar-refractivity contribution is 0.174.